The van der Waals surface area contributed by atoms with Crippen LogP contribution in [0.15, 0.2) is 24.3 Å². The van der Waals surface area contributed by atoms with Gasteiger partial charge in [-0.25, -0.2) is 4.79 Å². The molecular weight excluding hydrogens is 232 g/mol. The molecule has 1 aliphatic heterocycles. The van der Waals surface area contributed by atoms with Crippen LogP contribution in [0.5, 0.6) is 0 Å². The average Bonchev–Trinajstić information content (AvgIpc) is 2.36. The van der Waals surface area contributed by atoms with Crippen LogP contribution in [0.4, 0.5) is 4.79 Å². The quantitative estimate of drug-likeness (QED) is 0.855. The summed E-state index contributed by atoms with van der Waals surface area (Å²) in [7, 11) is 1.51. The van der Waals surface area contributed by atoms with E-state index in [1.165, 1.54) is 17.5 Å². The monoisotopic (exact) mass is 248 g/mol. The molecule has 1 aromatic rings. The maximum Gasteiger partial charge on any atom is 0.323 e. The molecule has 0 spiro atoms. The molecule has 96 valence electrons. The molecule has 0 aromatic heterocycles. The maximum absolute atomic E-state index is 12.0. The molecule has 0 unspecified atom stereocenters. The van der Waals surface area contributed by atoms with Crippen molar-refractivity contribution in [3.05, 3.63) is 35.4 Å². The second kappa shape index (κ2) is 5.08. The highest BCUT2D eigenvalue weighted by atomic mass is 16.4. The minimum Gasteiger partial charge on any atom is -0.480 e. The minimum atomic E-state index is -0.997. The summed E-state index contributed by atoms with van der Waals surface area (Å²) in [5, 5.41) is 8.68. The number of hydrogen-bond acceptors (Lipinski definition) is 2. The van der Waals surface area contributed by atoms with E-state index < -0.39 is 5.97 Å². The van der Waals surface area contributed by atoms with Gasteiger partial charge in [-0.2, -0.15) is 0 Å². The molecule has 2 amide bonds. The largest absolute Gasteiger partial charge is 0.480 e. The van der Waals surface area contributed by atoms with Crippen LogP contribution in [0.2, 0.25) is 0 Å². The third-order valence-electron chi connectivity index (χ3n) is 3.10. The number of amides is 2. The van der Waals surface area contributed by atoms with Gasteiger partial charge in [0.05, 0.1) is 0 Å². The first-order valence-corrected chi connectivity index (χ1v) is 5.86. The number of rotatable bonds is 2. The van der Waals surface area contributed by atoms with Crippen molar-refractivity contribution in [2.75, 3.05) is 20.1 Å². The molecule has 0 saturated carbocycles. The molecule has 5 nitrogen and oxygen atoms in total. The number of urea groups is 1. The van der Waals surface area contributed by atoms with Crippen molar-refractivity contribution in [3.63, 3.8) is 0 Å². The van der Waals surface area contributed by atoms with E-state index in [0.717, 1.165) is 12.0 Å². The number of benzene rings is 1. The van der Waals surface area contributed by atoms with Gasteiger partial charge in [-0.05, 0) is 17.5 Å². The van der Waals surface area contributed by atoms with E-state index in [2.05, 4.69) is 6.07 Å². The van der Waals surface area contributed by atoms with Gasteiger partial charge < -0.3 is 14.9 Å². The van der Waals surface area contributed by atoms with Gasteiger partial charge in [-0.3, -0.25) is 4.79 Å². The highest BCUT2D eigenvalue weighted by Gasteiger charge is 2.23. The standard InChI is InChI=1S/C13H16N2O3/c1-14(9-12(16)17)13(18)15-7-6-10-4-2-3-5-11(10)8-15/h2-5H,6-9H2,1H3,(H,16,17). The first-order chi connectivity index (χ1) is 8.58. The van der Waals surface area contributed by atoms with Crippen molar-refractivity contribution in [1.82, 2.24) is 9.80 Å². The van der Waals surface area contributed by atoms with E-state index in [0.29, 0.717) is 13.1 Å². The number of fused-ring (bicyclic) bond motifs is 1. The summed E-state index contributed by atoms with van der Waals surface area (Å²) >= 11 is 0. The second-order valence-corrected chi connectivity index (χ2v) is 4.47. The van der Waals surface area contributed by atoms with Gasteiger partial charge in [-0.15, -0.1) is 0 Å². The number of carbonyl (C=O) groups excluding carboxylic acids is 1. The van der Waals surface area contributed by atoms with E-state index in [4.69, 9.17) is 5.11 Å². The Bertz CT molecular complexity index is 473. The average molecular weight is 248 g/mol. The van der Waals surface area contributed by atoms with E-state index in [9.17, 15) is 9.59 Å². The lowest BCUT2D eigenvalue weighted by Crippen LogP contribution is -2.45. The zero-order chi connectivity index (χ0) is 13.1. The van der Waals surface area contributed by atoms with Crippen LogP contribution in [0, 0.1) is 0 Å². The molecule has 5 heteroatoms. The molecule has 1 aliphatic rings. The first kappa shape index (κ1) is 12.4. The Balaban J connectivity index is 2.04. The summed E-state index contributed by atoms with van der Waals surface area (Å²) in [4.78, 5) is 25.5. The molecular formula is C13H16N2O3. The minimum absolute atomic E-state index is 0.230. The highest BCUT2D eigenvalue weighted by Crippen LogP contribution is 2.19. The molecule has 0 atom stereocenters. The van der Waals surface area contributed by atoms with Crippen molar-refractivity contribution in [2.24, 2.45) is 0 Å². The maximum atomic E-state index is 12.0. The van der Waals surface area contributed by atoms with Crippen LogP contribution in [-0.2, 0) is 17.8 Å². The van der Waals surface area contributed by atoms with Gasteiger partial charge >= 0.3 is 12.0 Å². The molecule has 0 saturated heterocycles. The number of likely N-dealkylation sites (N-methyl/N-ethyl adjacent to an activating group) is 1. The van der Waals surface area contributed by atoms with Crippen molar-refractivity contribution in [1.29, 1.82) is 0 Å². The zero-order valence-electron chi connectivity index (χ0n) is 10.3. The van der Waals surface area contributed by atoms with Gasteiger partial charge in [0.1, 0.15) is 6.54 Å². The number of hydrogen-bond donors (Lipinski definition) is 1. The zero-order valence-corrected chi connectivity index (χ0v) is 10.3. The fourth-order valence-corrected chi connectivity index (χ4v) is 2.17. The fraction of sp³-hybridized carbons (Fsp3) is 0.385. The highest BCUT2D eigenvalue weighted by molar-refractivity contribution is 5.80. The lowest BCUT2D eigenvalue weighted by atomic mass is 10.0. The van der Waals surface area contributed by atoms with Crippen LogP contribution in [0.25, 0.3) is 0 Å². The summed E-state index contributed by atoms with van der Waals surface area (Å²) in [6, 6.07) is 7.79. The molecule has 2 rings (SSSR count). The van der Waals surface area contributed by atoms with Crippen LogP contribution in [-0.4, -0.2) is 47.0 Å². The normalized spacial score (nSPS) is 13.9. The van der Waals surface area contributed by atoms with Gasteiger partial charge in [0.25, 0.3) is 0 Å². The van der Waals surface area contributed by atoms with Crippen LogP contribution in [0.3, 0.4) is 0 Å². The Hall–Kier alpha value is -2.04. The summed E-state index contributed by atoms with van der Waals surface area (Å²) in [5.74, 6) is -0.997. The number of carboxylic acids is 1. The lowest BCUT2D eigenvalue weighted by Gasteiger charge is -2.31. The molecule has 0 bridgehead atoms. The third kappa shape index (κ3) is 2.61. The fourth-order valence-electron chi connectivity index (χ4n) is 2.17. The van der Waals surface area contributed by atoms with E-state index in [1.807, 2.05) is 18.2 Å². The van der Waals surface area contributed by atoms with E-state index >= 15 is 0 Å². The molecule has 1 N–H and O–H groups in total. The summed E-state index contributed by atoms with van der Waals surface area (Å²) in [5.41, 5.74) is 2.41. The molecule has 1 aromatic carbocycles. The SMILES string of the molecule is CN(CC(=O)O)C(=O)N1CCc2ccccc2C1. The Kier molecular flexibility index (Phi) is 3.50. The Labute approximate surface area is 106 Å². The van der Waals surface area contributed by atoms with Crippen molar-refractivity contribution in [2.45, 2.75) is 13.0 Å². The van der Waals surface area contributed by atoms with Gasteiger partial charge in [0.2, 0.25) is 0 Å². The van der Waals surface area contributed by atoms with Crippen LogP contribution < -0.4 is 0 Å². The number of carboxylic acid groups (broad SMARTS) is 1. The van der Waals surface area contributed by atoms with Crippen LogP contribution in [0.1, 0.15) is 11.1 Å². The van der Waals surface area contributed by atoms with Gasteiger partial charge in [0.15, 0.2) is 0 Å². The number of nitrogens with zero attached hydrogens (tertiary/aromatic N) is 2. The Morgan fingerprint density at radius 2 is 2.00 bits per heavy atom. The van der Waals surface area contributed by atoms with Crippen molar-refractivity contribution < 1.29 is 14.7 Å². The van der Waals surface area contributed by atoms with Crippen LogP contribution >= 0.6 is 0 Å². The lowest BCUT2D eigenvalue weighted by molar-refractivity contribution is -0.137. The Morgan fingerprint density at radius 1 is 1.33 bits per heavy atom. The number of carbonyl (C=O) groups is 2. The van der Waals surface area contributed by atoms with E-state index in [-0.39, 0.29) is 12.6 Å². The van der Waals surface area contributed by atoms with Gasteiger partial charge in [0, 0.05) is 20.1 Å². The predicted octanol–water partition coefficient (Wildman–Crippen LogP) is 1.18. The Morgan fingerprint density at radius 3 is 2.67 bits per heavy atom. The first-order valence-electron chi connectivity index (χ1n) is 5.86. The van der Waals surface area contributed by atoms with E-state index in [1.54, 1.807) is 4.90 Å². The summed E-state index contributed by atoms with van der Waals surface area (Å²) < 4.78 is 0. The molecule has 0 fully saturated rings. The third-order valence-corrected chi connectivity index (χ3v) is 3.10. The predicted molar refractivity (Wildman–Crippen MR) is 66.2 cm³/mol. The smallest absolute Gasteiger partial charge is 0.323 e. The number of aliphatic carboxylic acids is 1. The summed E-state index contributed by atoms with van der Waals surface area (Å²) in [6.07, 6.45) is 0.822. The second-order valence-electron chi connectivity index (χ2n) is 4.47. The molecule has 1 heterocycles. The summed E-state index contributed by atoms with van der Waals surface area (Å²) in [6.45, 7) is 0.926. The van der Waals surface area contributed by atoms with Crippen molar-refractivity contribution in [3.8, 4) is 0 Å². The van der Waals surface area contributed by atoms with Gasteiger partial charge in [-0.1, -0.05) is 24.3 Å². The molecule has 0 radical (unpaired) electrons. The molecule has 0 aliphatic carbocycles. The topological polar surface area (TPSA) is 60.9 Å². The molecule has 18 heavy (non-hydrogen) atoms. The van der Waals surface area contributed by atoms with Crippen molar-refractivity contribution >= 4 is 12.0 Å².